The van der Waals surface area contributed by atoms with Gasteiger partial charge < -0.3 is 10.2 Å². The number of carboxylic acids is 2. The summed E-state index contributed by atoms with van der Waals surface area (Å²) in [5, 5.41) is 16.5. The molecule has 0 aliphatic carbocycles. The van der Waals surface area contributed by atoms with E-state index >= 15 is 0 Å². The van der Waals surface area contributed by atoms with Gasteiger partial charge >= 0.3 is 11.9 Å². The highest BCUT2D eigenvalue weighted by Crippen LogP contribution is 2.09. The van der Waals surface area contributed by atoms with Gasteiger partial charge in [0.15, 0.2) is 0 Å². The molecule has 0 aromatic carbocycles. The number of hydrogen-bond acceptors (Lipinski definition) is 2. The van der Waals surface area contributed by atoms with Crippen LogP contribution in [0.5, 0.6) is 0 Å². The van der Waals surface area contributed by atoms with E-state index < -0.39 is 11.9 Å². The molecule has 0 bridgehead atoms. The van der Waals surface area contributed by atoms with Gasteiger partial charge in [-0.25, -0.2) is 4.79 Å². The largest absolute Gasteiger partial charge is 0.481 e. The maximum absolute atomic E-state index is 10.3. The van der Waals surface area contributed by atoms with Crippen molar-refractivity contribution >= 4 is 11.9 Å². The number of rotatable bonds is 17. The van der Waals surface area contributed by atoms with Crippen LogP contribution >= 0.6 is 0 Å². The van der Waals surface area contributed by atoms with E-state index in [9.17, 15) is 9.59 Å². The normalized spacial score (nSPS) is 11.2. The topological polar surface area (TPSA) is 74.6 Å². The second-order valence-electron chi connectivity index (χ2n) is 6.95. The molecule has 0 radical (unpaired) electrons. The van der Waals surface area contributed by atoms with Crippen LogP contribution in [0.1, 0.15) is 104 Å². The molecule has 0 aliphatic rings. The fourth-order valence-electron chi connectivity index (χ4n) is 2.60. The van der Waals surface area contributed by atoms with Gasteiger partial charge in [-0.15, -0.1) is 0 Å². The highest BCUT2D eigenvalue weighted by Gasteiger charge is 1.95. The van der Waals surface area contributed by atoms with Crippen LogP contribution in [-0.2, 0) is 9.59 Å². The first-order chi connectivity index (χ1) is 13.5. The highest BCUT2D eigenvalue weighted by atomic mass is 16.4. The van der Waals surface area contributed by atoms with Crippen LogP contribution in [0.2, 0.25) is 0 Å². The predicted octanol–water partition coefficient (Wildman–Crippen LogP) is 7.31. The van der Waals surface area contributed by atoms with Crippen molar-refractivity contribution in [3.8, 4) is 0 Å². The number of carboxylic acid groups (broad SMARTS) is 2. The van der Waals surface area contributed by atoms with E-state index in [4.69, 9.17) is 10.2 Å². The average molecular weight is 395 g/mol. The van der Waals surface area contributed by atoms with Crippen molar-refractivity contribution in [1.29, 1.82) is 0 Å². The quantitative estimate of drug-likeness (QED) is 0.117. The molecule has 2 N–H and O–H groups in total. The molecule has 0 spiro atoms. The van der Waals surface area contributed by atoms with Crippen LogP contribution in [-0.4, -0.2) is 22.2 Å². The van der Waals surface area contributed by atoms with Crippen molar-refractivity contribution in [1.82, 2.24) is 0 Å². The van der Waals surface area contributed by atoms with Gasteiger partial charge in [-0.2, -0.15) is 0 Å². The van der Waals surface area contributed by atoms with Gasteiger partial charge in [0, 0.05) is 12.5 Å². The Kier molecular flexibility index (Phi) is 25.5. The Labute approximate surface area is 172 Å². The van der Waals surface area contributed by atoms with Crippen LogP contribution in [0, 0.1) is 0 Å². The summed E-state index contributed by atoms with van der Waals surface area (Å²) in [5.74, 6) is -1.58. The summed E-state index contributed by atoms with van der Waals surface area (Å²) in [6.07, 6.45) is 27.2. The zero-order valence-electron chi connectivity index (χ0n) is 18.1. The minimum absolute atomic E-state index is 0.332. The monoisotopic (exact) mass is 394 g/mol. The van der Waals surface area contributed by atoms with Crippen molar-refractivity contribution in [3.63, 3.8) is 0 Å². The maximum Gasteiger partial charge on any atom is 0.328 e. The third-order valence-electron chi connectivity index (χ3n) is 4.19. The lowest BCUT2D eigenvalue weighted by Gasteiger charge is -1.99. The number of hydrogen-bond donors (Lipinski definition) is 2. The lowest BCUT2D eigenvalue weighted by atomic mass is 10.1. The Hall–Kier alpha value is -1.84. The predicted molar refractivity (Wildman–Crippen MR) is 119 cm³/mol. The van der Waals surface area contributed by atoms with Crippen LogP contribution in [0.15, 0.2) is 36.5 Å². The molecule has 0 aromatic rings. The van der Waals surface area contributed by atoms with Gasteiger partial charge in [-0.05, 0) is 39.0 Å². The number of carbonyl (C=O) groups is 2. The average Bonchev–Trinajstić information content (AvgIpc) is 2.65. The van der Waals surface area contributed by atoms with Crippen molar-refractivity contribution in [3.05, 3.63) is 36.5 Å². The Bertz CT molecular complexity index is 436. The number of allylic oxidation sites excluding steroid dienone is 5. The molecule has 0 fully saturated rings. The molecule has 0 aliphatic heterocycles. The van der Waals surface area contributed by atoms with Crippen molar-refractivity contribution < 1.29 is 19.8 Å². The Morgan fingerprint density at radius 2 is 1.21 bits per heavy atom. The van der Waals surface area contributed by atoms with E-state index in [-0.39, 0.29) is 0 Å². The van der Waals surface area contributed by atoms with Gasteiger partial charge in [0.25, 0.3) is 0 Å². The molecule has 4 nitrogen and oxygen atoms in total. The summed E-state index contributed by atoms with van der Waals surface area (Å²) in [5.41, 5.74) is 0. The first-order valence-electron chi connectivity index (χ1n) is 10.9. The Morgan fingerprint density at radius 1 is 0.714 bits per heavy atom. The molecule has 0 rings (SSSR count). The molecular weight excluding hydrogens is 352 g/mol. The van der Waals surface area contributed by atoms with Crippen molar-refractivity contribution in [2.75, 3.05) is 0 Å². The number of unbranched alkanes of at least 4 members (excludes halogenated alkanes) is 11. The summed E-state index contributed by atoms with van der Waals surface area (Å²) in [7, 11) is 0. The minimum atomic E-state index is -0.914. The lowest BCUT2D eigenvalue weighted by Crippen LogP contribution is -1.93. The van der Waals surface area contributed by atoms with Gasteiger partial charge in [0.1, 0.15) is 0 Å². The van der Waals surface area contributed by atoms with E-state index in [0.717, 1.165) is 18.9 Å². The fraction of sp³-hybridized carbons (Fsp3) is 0.667. The van der Waals surface area contributed by atoms with E-state index in [1.54, 1.807) is 12.2 Å². The maximum atomic E-state index is 10.3. The molecule has 162 valence electrons. The molecule has 0 saturated carbocycles. The number of aliphatic carboxylic acids is 2. The lowest BCUT2D eigenvalue weighted by molar-refractivity contribution is -0.137. The van der Waals surface area contributed by atoms with E-state index in [1.165, 1.54) is 76.7 Å². The smallest absolute Gasteiger partial charge is 0.328 e. The summed E-state index contributed by atoms with van der Waals surface area (Å²) in [6, 6.07) is 0. The van der Waals surface area contributed by atoms with Crippen LogP contribution in [0.3, 0.4) is 0 Å². The first kappa shape index (κ1) is 28.4. The molecule has 0 aromatic heterocycles. The molecular formula is C24H42O4. The minimum Gasteiger partial charge on any atom is -0.481 e. The van der Waals surface area contributed by atoms with Gasteiger partial charge in [-0.1, -0.05) is 88.7 Å². The molecule has 0 amide bonds. The van der Waals surface area contributed by atoms with Gasteiger partial charge in [0.05, 0.1) is 0 Å². The molecule has 4 heteroatoms. The zero-order valence-corrected chi connectivity index (χ0v) is 18.1. The van der Waals surface area contributed by atoms with Crippen LogP contribution in [0.25, 0.3) is 0 Å². The van der Waals surface area contributed by atoms with E-state index in [2.05, 4.69) is 19.1 Å². The molecule has 0 saturated heterocycles. The van der Waals surface area contributed by atoms with Gasteiger partial charge in [0.2, 0.25) is 0 Å². The molecule has 0 atom stereocenters. The van der Waals surface area contributed by atoms with Crippen LogP contribution in [0.4, 0.5) is 0 Å². The molecule has 0 unspecified atom stereocenters. The molecule has 0 heterocycles. The molecule has 28 heavy (non-hydrogen) atoms. The second-order valence-corrected chi connectivity index (χ2v) is 6.95. The third kappa shape index (κ3) is 31.9. The summed E-state index contributed by atoms with van der Waals surface area (Å²) < 4.78 is 0. The van der Waals surface area contributed by atoms with E-state index in [1.807, 2.05) is 6.92 Å². The summed E-state index contributed by atoms with van der Waals surface area (Å²) in [6.45, 7) is 4.08. The van der Waals surface area contributed by atoms with Crippen LogP contribution < -0.4 is 0 Å². The highest BCUT2D eigenvalue weighted by molar-refractivity contribution is 5.80. The Morgan fingerprint density at radius 3 is 1.68 bits per heavy atom. The summed E-state index contributed by atoms with van der Waals surface area (Å²) >= 11 is 0. The first-order valence-corrected chi connectivity index (χ1v) is 10.9. The third-order valence-corrected chi connectivity index (χ3v) is 4.19. The standard InChI is InChI=1S/C18H34O2.C6H8O2/c1-2-3-4-5-6-7-8-9-10-11-12-13-14-15-16-17-18(19)20;1-2-3-4-5-6(7)8/h9-10H,2-8,11-17H2,1H3,(H,19,20);2-5H,1H3,(H,7,8)/b10-9-;. The van der Waals surface area contributed by atoms with Crippen molar-refractivity contribution in [2.45, 2.75) is 104 Å². The van der Waals surface area contributed by atoms with Crippen molar-refractivity contribution in [2.24, 2.45) is 0 Å². The Balaban J connectivity index is 0. The second kappa shape index (κ2) is 25.2. The summed E-state index contributed by atoms with van der Waals surface area (Å²) in [4.78, 5) is 20.1. The van der Waals surface area contributed by atoms with E-state index in [0.29, 0.717) is 6.42 Å². The SMILES string of the molecule is CC=CC=CC(=O)O.CCCCCCCC/C=C\CCCCCCCC(=O)O. The fourth-order valence-corrected chi connectivity index (χ4v) is 2.60. The zero-order chi connectivity index (χ0) is 21.3. The van der Waals surface area contributed by atoms with Gasteiger partial charge in [-0.3, -0.25) is 4.79 Å².